The summed E-state index contributed by atoms with van der Waals surface area (Å²) in [4.78, 5) is 11.3. The number of halogens is 2. The highest BCUT2D eigenvalue weighted by atomic mass is 79.9. The number of rotatable bonds is 8. The summed E-state index contributed by atoms with van der Waals surface area (Å²) in [6.07, 6.45) is 0. The lowest BCUT2D eigenvalue weighted by Crippen LogP contribution is -2.07. The maximum absolute atomic E-state index is 11.3. The van der Waals surface area contributed by atoms with Crippen molar-refractivity contribution >= 4 is 39.2 Å². The van der Waals surface area contributed by atoms with E-state index in [1.54, 1.807) is 13.2 Å². The highest BCUT2D eigenvalue weighted by Crippen LogP contribution is 2.38. The summed E-state index contributed by atoms with van der Waals surface area (Å²) in [5.41, 5.74) is 3.73. The predicted molar refractivity (Wildman–Crippen MR) is 122 cm³/mol. The molecule has 156 valence electrons. The Bertz CT molecular complexity index is 1070. The van der Waals surface area contributed by atoms with Crippen LogP contribution in [0.5, 0.6) is 11.5 Å². The molecule has 0 heterocycles. The van der Waals surface area contributed by atoms with Crippen LogP contribution in [0.1, 0.15) is 27.0 Å². The highest BCUT2D eigenvalue weighted by Gasteiger charge is 2.16. The van der Waals surface area contributed by atoms with Gasteiger partial charge in [-0.1, -0.05) is 51.8 Å². The molecule has 3 aromatic rings. The van der Waals surface area contributed by atoms with Gasteiger partial charge in [0.05, 0.1) is 23.4 Å². The van der Waals surface area contributed by atoms with Gasteiger partial charge in [0.15, 0.2) is 11.5 Å². The molecule has 0 bridgehead atoms. The topological polar surface area (TPSA) is 67.8 Å². The zero-order chi connectivity index (χ0) is 21.7. The SMILES string of the molecule is COc1ccc(Br)c(CNc2cc(C(=O)O)ccc2Cl)c1OCc1ccccc1C. The molecule has 0 saturated heterocycles. The Morgan fingerprint density at radius 1 is 1.17 bits per heavy atom. The molecule has 0 amide bonds. The fraction of sp³-hybridized carbons (Fsp3) is 0.174. The first-order valence-electron chi connectivity index (χ1n) is 9.20. The minimum atomic E-state index is -1.01. The van der Waals surface area contributed by atoms with Gasteiger partial charge in [-0.3, -0.25) is 0 Å². The number of nitrogens with one attached hydrogen (secondary N) is 1. The van der Waals surface area contributed by atoms with Gasteiger partial charge in [0.25, 0.3) is 0 Å². The third-order valence-electron chi connectivity index (χ3n) is 4.69. The van der Waals surface area contributed by atoms with Crippen LogP contribution in [0.15, 0.2) is 59.1 Å². The van der Waals surface area contributed by atoms with E-state index in [4.69, 9.17) is 21.1 Å². The summed E-state index contributed by atoms with van der Waals surface area (Å²) in [6, 6.07) is 16.3. The second-order valence-corrected chi connectivity index (χ2v) is 7.89. The molecule has 2 N–H and O–H groups in total. The van der Waals surface area contributed by atoms with E-state index in [1.807, 2.05) is 43.3 Å². The van der Waals surface area contributed by atoms with E-state index >= 15 is 0 Å². The van der Waals surface area contributed by atoms with Gasteiger partial charge in [-0.05, 0) is 48.4 Å². The van der Waals surface area contributed by atoms with E-state index in [2.05, 4.69) is 21.2 Å². The van der Waals surface area contributed by atoms with Gasteiger partial charge >= 0.3 is 5.97 Å². The molecule has 0 spiro atoms. The fourth-order valence-electron chi connectivity index (χ4n) is 2.97. The average molecular weight is 491 g/mol. The number of hydrogen-bond donors (Lipinski definition) is 2. The average Bonchev–Trinajstić information content (AvgIpc) is 2.73. The van der Waals surface area contributed by atoms with E-state index in [-0.39, 0.29) is 5.56 Å². The molecule has 0 saturated carbocycles. The highest BCUT2D eigenvalue weighted by molar-refractivity contribution is 9.10. The first-order valence-corrected chi connectivity index (χ1v) is 10.4. The second kappa shape index (κ2) is 9.87. The molecule has 30 heavy (non-hydrogen) atoms. The number of aryl methyl sites for hydroxylation is 1. The van der Waals surface area contributed by atoms with Crippen LogP contribution in [0.2, 0.25) is 5.02 Å². The Morgan fingerprint density at radius 2 is 1.93 bits per heavy atom. The Labute approximate surface area is 188 Å². The Hall–Kier alpha value is -2.70. The fourth-order valence-corrected chi connectivity index (χ4v) is 3.60. The first-order chi connectivity index (χ1) is 14.4. The Kier molecular flexibility index (Phi) is 7.24. The van der Waals surface area contributed by atoms with Crippen molar-refractivity contribution in [2.75, 3.05) is 12.4 Å². The molecule has 5 nitrogen and oxygen atoms in total. The number of hydrogen-bond acceptors (Lipinski definition) is 4. The zero-order valence-corrected chi connectivity index (χ0v) is 18.9. The zero-order valence-electron chi connectivity index (χ0n) is 16.5. The molecule has 0 radical (unpaired) electrons. The molecule has 0 aliphatic carbocycles. The first kappa shape index (κ1) is 22.0. The van der Waals surface area contributed by atoms with E-state index in [9.17, 15) is 9.90 Å². The van der Waals surface area contributed by atoms with Crippen molar-refractivity contribution in [1.82, 2.24) is 0 Å². The third-order valence-corrected chi connectivity index (χ3v) is 5.76. The number of ether oxygens (including phenoxy) is 2. The minimum Gasteiger partial charge on any atom is -0.493 e. The largest absolute Gasteiger partial charge is 0.493 e. The lowest BCUT2D eigenvalue weighted by atomic mass is 10.1. The maximum atomic E-state index is 11.3. The van der Waals surface area contributed by atoms with Crippen LogP contribution in [-0.2, 0) is 13.2 Å². The summed E-state index contributed by atoms with van der Waals surface area (Å²) >= 11 is 9.82. The number of anilines is 1. The summed E-state index contributed by atoms with van der Waals surface area (Å²) in [5.74, 6) is 0.196. The van der Waals surface area contributed by atoms with Crippen molar-refractivity contribution in [3.63, 3.8) is 0 Å². The number of aromatic carboxylic acids is 1. The van der Waals surface area contributed by atoms with Gasteiger partial charge in [-0.2, -0.15) is 0 Å². The van der Waals surface area contributed by atoms with Gasteiger partial charge in [0, 0.05) is 16.6 Å². The number of carboxylic acids is 1. The van der Waals surface area contributed by atoms with E-state index in [0.717, 1.165) is 21.2 Å². The molecule has 0 aliphatic rings. The van der Waals surface area contributed by atoms with Gasteiger partial charge in [-0.15, -0.1) is 0 Å². The molecular formula is C23H21BrClNO4. The van der Waals surface area contributed by atoms with Crippen molar-refractivity contribution in [3.8, 4) is 11.5 Å². The van der Waals surface area contributed by atoms with Crippen molar-refractivity contribution < 1.29 is 19.4 Å². The second-order valence-electron chi connectivity index (χ2n) is 6.63. The number of methoxy groups -OCH3 is 1. The summed E-state index contributed by atoms with van der Waals surface area (Å²) < 4.78 is 12.5. The summed E-state index contributed by atoms with van der Waals surface area (Å²) in [6.45, 7) is 2.78. The van der Waals surface area contributed by atoms with Crippen molar-refractivity contribution in [3.05, 3.63) is 86.3 Å². The lowest BCUT2D eigenvalue weighted by molar-refractivity contribution is 0.0697. The molecule has 0 aromatic heterocycles. The molecular weight excluding hydrogens is 470 g/mol. The van der Waals surface area contributed by atoms with Crippen LogP contribution in [-0.4, -0.2) is 18.2 Å². The molecule has 7 heteroatoms. The lowest BCUT2D eigenvalue weighted by Gasteiger charge is -2.18. The van der Waals surface area contributed by atoms with E-state index < -0.39 is 5.97 Å². The quantitative estimate of drug-likeness (QED) is 0.387. The van der Waals surface area contributed by atoms with Gasteiger partial charge in [0.1, 0.15) is 6.61 Å². The van der Waals surface area contributed by atoms with Crippen LogP contribution in [0, 0.1) is 6.92 Å². The van der Waals surface area contributed by atoms with Crippen LogP contribution in [0.3, 0.4) is 0 Å². The smallest absolute Gasteiger partial charge is 0.335 e. The summed E-state index contributed by atoms with van der Waals surface area (Å²) in [5, 5.41) is 12.9. The van der Waals surface area contributed by atoms with Gasteiger partial charge in [0.2, 0.25) is 0 Å². The molecule has 3 aromatic carbocycles. The molecule has 0 unspecified atom stereocenters. The van der Waals surface area contributed by atoms with Crippen LogP contribution >= 0.6 is 27.5 Å². The number of carbonyl (C=O) groups is 1. The van der Waals surface area contributed by atoms with Crippen molar-refractivity contribution in [2.45, 2.75) is 20.1 Å². The van der Waals surface area contributed by atoms with E-state index in [0.29, 0.717) is 35.4 Å². The summed E-state index contributed by atoms with van der Waals surface area (Å²) in [7, 11) is 1.59. The number of benzene rings is 3. The molecule has 0 fully saturated rings. The third kappa shape index (κ3) is 5.07. The normalized spacial score (nSPS) is 10.5. The van der Waals surface area contributed by atoms with Gasteiger partial charge < -0.3 is 19.9 Å². The minimum absolute atomic E-state index is 0.155. The Morgan fingerprint density at radius 3 is 2.63 bits per heavy atom. The molecule has 3 rings (SSSR count). The standard InChI is InChI=1S/C23H21BrClNO4/c1-14-5-3-4-6-16(14)13-30-22-17(18(24)8-10-21(22)29-2)12-26-20-11-15(23(27)28)7-9-19(20)25/h3-11,26H,12-13H2,1-2H3,(H,27,28). The van der Waals surface area contributed by atoms with Gasteiger partial charge in [-0.25, -0.2) is 4.79 Å². The molecule has 0 atom stereocenters. The predicted octanol–water partition coefficient (Wildman–Crippen LogP) is 6.31. The number of carboxylic acid groups (broad SMARTS) is 1. The van der Waals surface area contributed by atoms with Crippen molar-refractivity contribution in [1.29, 1.82) is 0 Å². The van der Waals surface area contributed by atoms with Crippen LogP contribution in [0.25, 0.3) is 0 Å². The Balaban J connectivity index is 1.88. The van der Waals surface area contributed by atoms with Crippen LogP contribution in [0.4, 0.5) is 5.69 Å². The monoisotopic (exact) mass is 489 g/mol. The molecule has 0 aliphatic heterocycles. The van der Waals surface area contributed by atoms with Crippen LogP contribution < -0.4 is 14.8 Å². The van der Waals surface area contributed by atoms with Crippen molar-refractivity contribution in [2.24, 2.45) is 0 Å². The van der Waals surface area contributed by atoms with E-state index in [1.165, 1.54) is 12.1 Å². The maximum Gasteiger partial charge on any atom is 0.335 e.